The summed E-state index contributed by atoms with van der Waals surface area (Å²) in [6, 6.07) is 17.7. The molecule has 1 aliphatic rings. The van der Waals surface area contributed by atoms with Crippen LogP contribution in [0.15, 0.2) is 78.0 Å². The van der Waals surface area contributed by atoms with Crippen molar-refractivity contribution in [3.63, 3.8) is 0 Å². The number of ether oxygens (including phenoxy) is 1. The van der Waals surface area contributed by atoms with Crippen LogP contribution in [0.25, 0.3) is 11.1 Å². The number of hydrogen-bond donors (Lipinski definition) is 1. The summed E-state index contributed by atoms with van der Waals surface area (Å²) in [6.45, 7) is 8.53. The van der Waals surface area contributed by atoms with Crippen molar-refractivity contribution in [2.45, 2.75) is 38.0 Å². The number of aryl methyl sites for hydroxylation is 1. The Morgan fingerprint density at radius 3 is 2.26 bits per heavy atom. The third-order valence-corrected chi connectivity index (χ3v) is 6.80. The van der Waals surface area contributed by atoms with Crippen molar-refractivity contribution >= 4 is 10.1 Å². The van der Waals surface area contributed by atoms with Crippen molar-refractivity contribution in [3.8, 4) is 16.9 Å². The molecule has 0 saturated carbocycles. The predicted octanol–water partition coefficient (Wildman–Crippen LogP) is 4.73. The summed E-state index contributed by atoms with van der Waals surface area (Å²) < 4.78 is 36.2. The molecule has 1 unspecified atom stereocenters. The molecular formula is C27H34N2O5S. The van der Waals surface area contributed by atoms with Gasteiger partial charge in [-0.2, -0.15) is 13.1 Å². The van der Waals surface area contributed by atoms with Crippen LogP contribution in [0.3, 0.4) is 0 Å². The van der Waals surface area contributed by atoms with Crippen LogP contribution in [-0.4, -0.2) is 44.1 Å². The first-order valence-corrected chi connectivity index (χ1v) is 13.3. The van der Waals surface area contributed by atoms with Crippen LogP contribution in [0.2, 0.25) is 0 Å². The first-order chi connectivity index (χ1) is 16.7. The van der Waals surface area contributed by atoms with E-state index in [0.29, 0.717) is 0 Å². The molecule has 8 heteroatoms. The maximum absolute atomic E-state index is 11.1. The van der Waals surface area contributed by atoms with Gasteiger partial charge in [-0.3, -0.25) is 4.55 Å². The average Bonchev–Trinajstić information content (AvgIpc) is 2.83. The van der Waals surface area contributed by atoms with E-state index in [1.807, 2.05) is 43.3 Å². The Labute approximate surface area is 208 Å². The van der Waals surface area contributed by atoms with Crippen molar-refractivity contribution in [2.75, 3.05) is 26.2 Å². The molecule has 0 aliphatic carbocycles. The number of nitrogens with zero attached hydrogens (tertiary/aromatic N) is 2. The lowest BCUT2D eigenvalue weighted by molar-refractivity contribution is -0.605. The Hall–Kier alpha value is -2.94. The van der Waals surface area contributed by atoms with Crippen molar-refractivity contribution in [1.82, 2.24) is 4.90 Å². The van der Waals surface area contributed by atoms with Crippen molar-refractivity contribution in [1.29, 1.82) is 0 Å². The summed E-state index contributed by atoms with van der Waals surface area (Å²) in [6.07, 6.45) is 6.80. The number of pyridine rings is 1. The minimum atomic E-state index is -4.02. The second kappa shape index (κ2) is 12.7. The second-order valence-corrected chi connectivity index (χ2v) is 10.4. The topological polar surface area (TPSA) is 93.8 Å². The van der Waals surface area contributed by atoms with E-state index in [1.54, 1.807) is 12.1 Å². The van der Waals surface area contributed by atoms with E-state index in [2.05, 4.69) is 11.8 Å². The molecule has 188 valence electrons. The molecule has 4 rings (SSSR count). The fraction of sp³-hybridized carbons (Fsp3) is 0.370. The maximum Gasteiger partial charge on any atom is 0.294 e. The number of piperidine rings is 1. The zero-order chi connectivity index (χ0) is 25.3. The normalized spacial score (nSPS) is 16.3. The molecule has 0 spiro atoms. The molecule has 3 aromatic rings. The van der Waals surface area contributed by atoms with Crippen LogP contribution >= 0.6 is 0 Å². The Kier molecular flexibility index (Phi) is 9.65. The van der Waals surface area contributed by atoms with Crippen molar-refractivity contribution < 1.29 is 22.4 Å². The zero-order valence-corrected chi connectivity index (χ0v) is 21.2. The van der Waals surface area contributed by atoms with Gasteiger partial charge in [0.1, 0.15) is 5.75 Å². The first kappa shape index (κ1) is 26.7. The molecule has 35 heavy (non-hydrogen) atoms. The largest absolute Gasteiger partial charge is 0.619 e. The lowest BCUT2D eigenvalue weighted by Crippen LogP contribution is -2.35. The van der Waals surface area contributed by atoms with Crippen LogP contribution in [0.1, 0.15) is 31.7 Å². The van der Waals surface area contributed by atoms with E-state index in [0.717, 1.165) is 52.7 Å². The number of rotatable bonds is 7. The van der Waals surface area contributed by atoms with Gasteiger partial charge in [-0.1, -0.05) is 36.8 Å². The molecular weight excluding hydrogens is 464 g/mol. The minimum absolute atomic E-state index is 0.0666. The van der Waals surface area contributed by atoms with Gasteiger partial charge in [-0.15, -0.1) is 0 Å². The standard InChI is InChI=1S/C20H26N2O2.C7H8O3S/c1-17-4-2-11-21(16-17)12-3-15-24-20-7-5-18(6-8-20)19-9-13-22(23)14-10-19;1-6-2-4-7(5-3-6)11(8,9)10/h5-10,13-14,17H,2-4,11-12,15-16H2,1H3;2-5H,1H3,(H,8,9,10). The van der Waals surface area contributed by atoms with Gasteiger partial charge in [0.05, 0.1) is 11.5 Å². The maximum atomic E-state index is 11.1. The molecule has 1 aliphatic heterocycles. The third kappa shape index (κ3) is 8.98. The van der Waals surface area contributed by atoms with Gasteiger partial charge in [0.25, 0.3) is 10.1 Å². The third-order valence-electron chi connectivity index (χ3n) is 5.94. The molecule has 0 radical (unpaired) electrons. The van der Waals surface area contributed by atoms with E-state index in [1.165, 1.54) is 50.5 Å². The van der Waals surface area contributed by atoms with Gasteiger partial charge >= 0.3 is 0 Å². The predicted molar refractivity (Wildman–Crippen MR) is 137 cm³/mol. The van der Waals surface area contributed by atoms with Crippen LogP contribution in [0.5, 0.6) is 5.75 Å². The molecule has 1 aromatic heterocycles. The number of benzene rings is 2. The molecule has 0 bridgehead atoms. The molecule has 1 fully saturated rings. The summed E-state index contributed by atoms with van der Waals surface area (Å²) in [4.78, 5) is 2.49. The van der Waals surface area contributed by atoms with Crippen molar-refractivity contribution in [2.24, 2.45) is 5.92 Å². The van der Waals surface area contributed by atoms with Gasteiger partial charge < -0.3 is 14.8 Å². The fourth-order valence-corrected chi connectivity index (χ4v) is 4.51. The molecule has 7 nitrogen and oxygen atoms in total. The number of aromatic nitrogens is 1. The Balaban J connectivity index is 0.000000261. The molecule has 0 amide bonds. The smallest absolute Gasteiger partial charge is 0.294 e. The Bertz CT molecular complexity index is 1150. The molecule has 2 heterocycles. The van der Waals surface area contributed by atoms with Crippen LogP contribution in [-0.2, 0) is 10.1 Å². The molecule has 2 aromatic carbocycles. The second-order valence-electron chi connectivity index (χ2n) is 9.01. The Morgan fingerprint density at radius 1 is 1.03 bits per heavy atom. The quantitative estimate of drug-likeness (QED) is 0.219. The van der Waals surface area contributed by atoms with Gasteiger partial charge in [0.2, 0.25) is 0 Å². The van der Waals surface area contributed by atoms with Gasteiger partial charge in [-0.05, 0) is 74.0 Å². The van der Waals surface area contributed by atoms with Crippen LogP contribution in [0, 0.1) is 18.0 Å². The van der Waals surface area contributed by atoms with E-state index >= 15 is 0 Å². The van der Waals surface area contributed by atoms with Crippen LogP contribution in [0.4, 0.5) is 0 Å². The zero-order valence-electron chi connectivity index (χ0n) is 20.3. The highest BCUT2D eigenvalue weighted by Gasteiger charge is 2.15. The molecule has 1 N–H and O–H groups in total. The SMILES string of the molecule is CC1CCCN(CCCOc2ccc(-c3cc[n+]([O-])cc3)cc2)C1.Cc1ccc(S(=O)(=O)O)cc1. The summed E-state index contributed by atoms with van der Waals surface area (Å²) in [5.74, 6) is 1.74. The highest BCUT2D eigenvalue weighted by atomic mass is 32.2. The van der Waals surface area contributed by atoms with Gasteiger partial charge in [0, 0.05) is 25.2 Å². The van der Waals surface area contributed by atoms with Crippen molar-refractivity contribution in [3.05, 3.63) is 83.8 Å². The fourth-order valence-electron chi connectivity index (χ4n) is 4.03. The number of likely N-dealkylation sites (tertiary alicyclic amines) is 1. The first-order valence-electron chi connectivity index (χ1n) is 11.9. The lowest BCUT2D eigenvalue weighted by Gasteiger charge is -2.30. The van der Waals surface area contributed by atoms with E-state index in [-0.39, 0.29) is 4.90 Å². The van der Waals surface area contributed by atoms with E-state index < -0.39 is 10.1 Å². The summed E-state index contributed by atoms with van der Waals surface area (Å²) in [7, 11) is -4.02. The molecule has 1 atom stereocenters. The van der Waals surface area contributed by atoms with E-state index in [4.69, 9.17) is 9.29 Å². The average molecular weight is 499 g/mol. The molecule has 1 saturated heterocycles. The number of hydrogen-bond acceptors (Lipinski definition) is 5. The van der Waals surface area contributed by atoms with Crippen LogP contribution < -0.4 is 9.47 Å². The van der Waals surface area contributed by atoms with Gasteiger partial charge in [0.15, 0.2) is 12.4 Å². The summed E-state index contributed by atoms with van der Waals surface area (Å²) in [5, 5.41) is 11.1. The lowest BCUT2D eigenvalue weighted by atomic mass is 10.0. The highest BCUT2D eigenvalue weighted by molar-refractivity contribution is 7.85. The Morgan fingerprint density at radius 2 is 1.66 bits per heavy atom. The monoisotopic (exact) mass is 498 g/mol. The summed E-state index contributed by atoms with van der Waals surface area (Å²) >= 11 is 0. The summed E-state index contributed by atoms with van der Waals surface area (Å²) in [5.41, 5.74) is 3.08. The van der Waals surface area contributed by atoms with E-state index in [9.17, 15) is 13.6 Å². The minimum Gasteiger partial charge on any atom is -0.619 e. The van der Waals surface area contributed by atoms with Gasteiger partial charge in [-0.25, -0.2) is 0 Å². The highest BCUT2D eigenvalue weighted by Crippen LogP contribution is 2.22.